The van der Waals surface area contributed by atoms with Gasteiger partial charge in [0.2, 0.25) is 0 Å². The van der Waals surface area contributed by atoms with Crippen molar-refractivity contribution in [2.75, 3.05) is 60.6 Å². The Morgan fingerprint density at radius 3 is 1.90 bits per heavy atom. The van der Waals surface area contributed by atoms with Crippen molar-refractivity contribution < 1.29 is 33.3 Å². The molecule has 2 aromatic rings. The summed E-state index contributed by atoms with van der Waals surface area (Å²) in [5.41, 5.74) is 6.85. The molecule has 1 aliphatic rings. The molecule has 10 nitrogen and oxygen atoms in total. The van der Waals surface area contributed by atoms with E-state index in [4.69, 9.17) is 24.7 Å². The van der Waals surface area contributed by atoms with E-state index in [0.717, 1.165) is 18.7 Å². The highest BCUT2D eigenvalue weighted by Gasteiger charge is 2.22. The van der Waals surface area contributed by atoms with Crippen LogP contribution >= 0.6 is 0 Å². The van der Waals surface area contributed by atoms with Crippen LogP contribution in [0.4, 0.5) is 4.79 Å². The number of hydrogen-bond acceptors (Lipinski definition) is 9. The summed E-state index contributed by atoms with van der Waals surface area (Å²) in [6.07, 6.45) is 5.18. The van der Waals surface area contributed by atoms with E-state index in [1.807, 2.05) is 7.05 Å². The molecule has 1 fully saturated rings. The second kappa shape index (κ2) is 14.7. The van der Waals surface area contributed by atoms with E-state index < -0.39 is 6.09 Å². The zero-order valence-electron chi connectivity index (χ0n) is 22.6. The van der Waals surface area contributed by atoms with Crippen LogP contribution in [0, 0.1) is 0 Å². The Kier molecular flexibility index (Phi) is 11.1. The minimum Gasteiger partial charge on any atom is -0.493 e. The van der Waals surface area contributed by atoms with Gasteiger partial charge in [-0.25, -0.2) is 4.79 Å². The fourth-order valence-electron chi connectivity index (χ4n) is 3.76. The van der Waals surface area contributed by atoms with Gasteiger partial charge in [0, 0.05) is 32.7 Å². The average molecular weight is 538 g/mol. The normalized spacial score (nSPS) is 14.0. The molecule has 208 valence electrons. The Morgan fingerprint density at radius 2 is 1.36 bits per heavy atom. The highest BCUT2D eigenvalue weighted by molar-refractivity contribution is 6.10. The minimum absolute atomic E-state index is 0.278. The van der Waals surface area contributed by atoms with Crippen molar-refractivity contribution in [1.29, 1.82) is 0 Å². The van der Waals surface area contributed by atoms with Gasteiger partial charge in [-0.2, -0.15) is 0 Å². The Labute approximate surface area is 228 Å². The minimum atomic E-state index is -0.430. The SMILES string of the molecule is COc1cc(/C=C/C(=O)CC(=O)/C=C/c2ccc(OC(=O)N3CCN(C)CC3)c(OC)c2)ccc1OCCN. The molecule has 2 aromatic carbocycles. The second-order valence-corrected chi connectivity index (χ2v) is 8.89. The highest BCUT2D eigenvalue weighted by Crippen LogP contribution is 2.30. The first-order valence-corrected chi connectivity index (χ1v) is 12.6. The monoisotopic (exact) mass is 537 g/mol. The number of nitrogens with zero attached hydrogens (tertiary/aromatic N) is 2. The lowest BCUT2D eigenvalue weighted by Crippen LogP contribution is -2.48. The topological polar surface area (TPSA) is 121 Å². The molecule has 0 spiro atoms. The molecule has 2 N–H and O–H groups in total. The van der Waals surface area contributed by atoms with E-state index >= 15 is 0 Å². The number of hydrogen-bond donors (Lipinski definition) is 1. The lowest BCUT2D eigenvalue weighted by atomic mass is 10.1. The maximum Gasteiger partial charge on any atom is 0.415 e. The van der Waals surface area contributed by atoms with E-state index in [1.54, 1.807) is 53.5 Å². The number of piperazine rings is 1. The molecule has 10 heteroatoms. The van der Waals surface area contributed by atoms with Gasteiger partial charge in [-0.05, 0) is 54.6 Å². The van der Waals surface area contributed by atoms with E-state index in [2.05, 4.69) is 4.90 Å². The summed E-state index contributed by atoms with van der Waals surface area (Å²) in [5, 5.41) is 0. The summed E-state index contributed by atoms with van der Waals surface area (Å²) in [4.78, 5) is 41.0. The number of likely N-dealkylation sites (N-methyl/N-ethyl adjacent to an activating group) is 1. The van der Waals surface area contributed by atoms with Crippen LogP contribution in [0.2, 0.25) is 0 Å². The number of ether oxygens (including phenoxy) is 4. The van der Waals surface area contributed by atoms with Crippen LogP contribution < -0.4 is 24.7 Å². The number of carbonyl (C=O) groups is 3. The Balaban J connectivity index is 1.55. The molecule has 1 heterocycles. The van der Waals surface area contributed by atoms with Crippen molar-refractivity contribution in [1.82, 2.24) is 9.80 Å². The van der Waals surface area contributed by atoms with Gasteiger partial charge < -0.3 is 34.5 Å². The fraction of sp³-hybridized carbons (Fsp3) is 0.345. The maximum absolute atomic E-state index is 12.5. The van der Waals surface area contributed by atoms with Crippen molar-refractivity contribution >= 4 is 29.8 Å². The van der Waals surface area contributed by atoms with Crippen molar-refractivity contribution in [2.45, 2.75) is 6.42 Å². The molecule has 3 rings (SSSR count). The zero-order valence-corrected chi connectivity index (χ0v) is 22.6. The van der Waals surface area contributed by atoms with Crippen LogP contribution in [0.5, 0.6) is 23.0 Å². The predicted molar refractivity (Wildman–Crippen MR) is 148 cm³/mol. The van der Waals surface area contributed by atoms with Gasteiger partial charge >= 0.3 is 6.09 Å². The van der Waals surface area contributed by atoms with Crippen molar-refractivity contribution in [3.05, 3.63) is 59.7 Å². The molecule has 0 atom stereocenters. The smallest absolute Gasteiger partial charge is 0.415 e. The molecule has 1 saturated heterocycles. The van der Waals surface area contributed by atoms with Crippen LogP contribution in [-0.4, -0.2) is 88.1 Å². The average Bonchev–Trinajstić information content (AvgIpc) is 2.94. The first-order valence-electron chi connectivity index (χ1n) is 12.6. The number of nitrogens with two attached hydrogens (primary N) is 1. The van der Waals surface area contributed by atoms with Gasteiger partial charge in [0.1, 0.15) is 6.61 Å². The molecule has 0 bridgehead atoms. The third-order valence-corrected chi connectivity index (χ3v) is 5.98. The summed E-state index contributed by atoms with van der Waals surface area (Å²) < 4.78 is 21.7. The molecule has 1 amide bonds. The Hall–Kier alpha value is -4.15. The van der Waals surface area contributed by atoms with E-state index in [0.29, 0.717) is 54.8 Å². The van der Waals surface area contributed by atoms with Crippen LogP contribution in [0.25, 0.3) is 12.2 Å². The third-order valence-electron chi connectivity index (χ3n) is 5.98. The largest absolute Gasteiger partial charge is 0.493 e. The molecule has 0 unspecified atom stereocenters. The molecule has 39 heavy (non-hydrogen) atoms. The maximum atomic E-state index is 12.5. The third kappa shape index (κ3) is 8.98. The lowest BCUT2D eigenvalue weighted by molar-refractivity contribution is -0.121. The first kappa shape index (κ1) is 29.4. The second-order valence-electron chi connectivity index (χ2n) is 8.89. The van der Waals surface area contributed by atoms with Crippen LogP contribution in [0.3, 0.4) is 0 Å². The van der Waals surface area contributed by atoms with Gasteiger partial charge in [-0.1, -0.05) is 24.3 Å². The summed E-state index contributed by atoms with van der Waals surface area (Å²) in [7, 11) is 5.01. The van der Waals surface area contributed by atoms with Crippen LogP contribution in [0.15, 0.2) is 48.6 Å². The molecule has 0 aromatic heterocycles. The first-order chi connectivity index (χ1) is 18.8. The van der Waals surface area contributed by atoms with Gasteiger partial charge in [0.15, 0.2) is 34.6 Å². The van der Waals surface area contributed by atoms with E-state index in [1.165, 1.54) is 26.4 Å². The van der Waals surface area contributed by atoms with Crippen molar-refractivity contribution in [3.8, 4) is 23.0 Å². The number of ketones is 2. The van der Waals surface area contributed by atoms with E-state index in [9.17, 15) is 14.4 Å². The van der Waals surface area contributed by atoms with Gasteiger partial charge in [0.25, 0.3) is 0 Å². The summed E-state index contributed by atoms with van der Waals surface area (Å²) in [6, 6.07) is 10.2. The van der Waals surface area contributed by atoms with Gasteiger partial charge in [0.05, 0.1) is 20.6 Å². The van der Waals surface area contributed by atoms with Crippen LogP contribution in [-0.2, 0) is 9.59 Å². The molecular weight excluding hydrogens is 502 g/mol. The molecule has 1 aliphatic heterocycles. The van der Waals surface area contributed by atoms with E-state index in [-0.39, 0.29) is 18.0 Å². The zero-order chi connectivity index (χ0) is 28.2. The molecular formula is C29H35N3O7. The Bertz CT molecular complexity index is 1220. The van der Waals surface area contributed by atoms with Gasteiger partial charge in [-0.15, -0.1) is 0 Å². The lowest BCUT2D eigenvalue weighted by Gasteiger charge is -2.31. The fourth-order valence-corrected chi connectivity index (χ4v) is 3.76. The number of methoxy groups -OCH3 is 2. The predicted octanol–water partition coefficient (Wildman–Crippen LogP) is 3.04. The summed E-state index contributed by atoms with van der Waals surface area (Å²) in [6.45, 7) is 3.51. The summed E-state index contributed by atoms with van der Waals surface area (Å²) >= 11 is 0. The Morgan fingerprint density at radius 1 is 0.821 bits per heavy atom. The van der Waals surface area contributed by atoms with Crippen LogP contribution in [0.1, 0.15) is 17.5 Å². The highest BCUT2D eigenvalue weighted by atomic mass is 16.6. The molecule has 0 saturated carbocycles. The number of allylic oxidation sites excluding steroid dienone is 2. The van der Waals surface area contributed by atoms with Crippen molar-refractivity contribution in [2.24, 2.45) is 5.73 Å². The van der Waals surface area contributed by atoms with Crippen molar-refractivity contribution in [3.63, 3.8) is 0 Å². The number of amides is 1. The standard InChI is InChI=1S/C29H35N3O7/c1-31-13-15-32(16-14-31)29(35)39-26-11-7-22(19-28(26)37-3)5-9-24(34)20-23(33)8-4-21-6-10-25(38-17-12-30)27(18-21)36-2/h4-11,18-19H,12-17,20,30H2,1-3H3/b8-4+,9-5+. The number of rotatable bonds is 12. The number of benzene rings is 2. The summed E-state index contributed by atoms with van der Waals surface area (Å²) in [5.74, 6) is 1.05. The molecule has 0 radical (unpaired) electrons. The molecule has 0 aliphatic carbocycles. The van der Waals surface area contributed by atoms with Gasteiger partial charge in [-0.3, -0.25) is 9.59 Å². The number of carbonyl (C=O) groups excluding carboxylic acids is 3. The quantitative estimate of drug-likeness (QED) is 0.322.